The maximum atomic E-state index is 12.2. The zero-order chi connectivity index (χ0) is 17.2. The van der Waals surface area contributed by atoms with Crippen LogP contribution in [0.3, 0.4) is 0 Å². The third-order valence-corrected chi connectivity index (χ3v) is 3.38. The highest BCUT2D eigenvalue weighted by Gasteiger charge is 2.31. The molecule has 2 aromatic rings. The summed E-state index contributed by atoms with van der Waals surface area (Å²) in [6.07, 6.45) is 4.33. The summed E-state index contributed by atoms with van der Waals surface area (Å²) in [5, 5.41) is 0. The number of ether oxygens (including phenoxy) is 1. The smallest absolute Gasteiger partial charge is 0.406 e. The molecule has 122 valence electrons. The Morgan fingerprint density at radius 3 is 2.42 bits per heavy atom. The van der Waals surface area contributed by atoms with E-state index < -0.39 is 6.36 Å². The number of hydrogen-bond donors (Lipinski definition) is 0. The summed E-state index contributed by atoms with van der Waals surface area (Å²) in [5.41, 5.74) is 3.24. The van der Waals surface area contributed by atoms with Crippen molar-refractivity contribution in [2.24, 2.45) is 0 Å². The number of aromatic nitrogens is 1. The molecule has 6 heteroatoms. The third-order valence-electron chi connectivity index (χ3n) is 3.38. The van der Waals surface area contributed by atoms with E-state index in [2.05, 4.69) is 16.3 Å². The normalized spacial score (nSPS) is 14.5. The minimum absolute atomic E-state index is 0.263. The molecular formula is C18H13F3N2O. The van der Waals surface area contributed by atoms with Crippen LogP contribution in [0.4, 0.5) is 18.9 Å². The van der Waals surface area contributed by atoms with Crippen LogP contribution in [0.25, 0.3) is 5.57 Å². The molecule has 1 aliphatic rings. The van der Waals surface area contributed by atoms with Gasteiger partial charge < -0.3 is 9.64 Å². The first-order valence-electron chi connectivity index (χ1n) is 7.07. The van der Waals surface area contributed by atoms with E-state index in [1.165, 1.54) is 12.1 Å². The van der Waals surface area contributed by atoms with E-state index in [0.29, 0.717) is 11.4 Å². The van der Waals surface area contributed by atoms with E-state index >= 15 is 0 Å². The standard InChI is InChI=1S/C18H13F3N2O/c1-13-4-5-15(14-3-2-10-22-11-14)12-23(13)16-6-8-17(9-7-16)24-18(19,20)21/h2-12H,1H2. The fourth-order valence-corrected chi connectivity index (χ4v) is 2.28. The zero-order valence-corrected chi connectivity index (χ0v) is 12.5. The van der Waals surface area contributed by atoms with Crippen molar-refractivity contribution in [3.63, 3.8) is 0 Å². The van der Waals surface area contributed by atoms with Crippen LogP contribution in [-0.2, 0) is 0 Å². The van der Waals surface area contributed by atoms with Crippen molar-refractivity contribution in [1.29, 1.82) is 0 Å². The molecule has 0 atom stereocenters. The Balaban J connectivity index is 1.86. The van der Waals surface area contributed by atoms with E-state index in [9.17, 15) is 13.2 Å². The first-order valence-corrected chi connectivity index (χ1v) is 7.07. The first-order chi connectivity index (χ1) is 11.4. The van der Waals surface area contributed by atoms with Crippen molar-refractivity contribution in [2.45, 2.75) is 6.36 Å². The number of nitrogens with zero attached hydrogens (tertiary/aromatic N) is 2. The van der Waals surface area contributed by atoms with Gasteiger partial charge >= 0.3 is 6.36 Å². The second-order valence-corrected chi connectivity index (χ2v) is 5.06. The SMILES string of the molecule is C=C1C=CC(c2cccnc2)=CN1c1ccc(OC(F)(F)F)cc1. The summed E-state index contributed by atoms with van der Waals surface area (Å²) in [5.74, 6) is -0.263. The summed E-state index contributed by atoms with van der Waals surface area (Å²) in [6.45, 7) is 3.95. The second-order valence-electron chi connectivity index (χ2n) is 5.06. The number of hydrogen-bond acceptors (Lipinski definition) is 3. The number of anilines is 1. The quantitative estimate of drug-likeness (QED) is 0.799. The molecule has 0 N–H and O–H groups in total. The van der Waals surface area contributed by atoms with Crippen LogP contribution < -0.4 is 9.64 Å². The van der Waals surface area contributed by atoms with Gasteiger partial charge in [0.15, 0.2) is 0 Å². The van der Waals surface area contributed by atoms with Crippen molar-refractivity contribution in [2.75, 3.05) is 4.90 Å². The van der Waals surface area contributed by atoms with Gasteiger partial charge in [0.25, 0.3) is 0 Å². The van der Waals surface area contributed by atoms with E-state index in [0.717, 1.165) is 11.1 Å². The summed E-state index contributed by atoms with van der Waals surface area (Å²) in [6, 6.07) is 9.39. The van der Waals surface area contributed by atoms with Gasteiger partial charge in [0.2, 0.25) is 0 Å². The Kier molecular flexibility index (Phi) is 4.12. The van der Waals surface area contributed by atoms with Gasteiger partial charge in [0.1, 0.15) is 5.75 Å². The average molecular weight is 330 g/mol. The molecule has 0 amide bonds. The van der Waals surface area contributed by atoms with Gasteiger partial charge in [0.05, 0.1) is 0 Å². The maximum absolute atomic E-state index is 12.2. The molecule has 0 saturated carbocycles. The predicted molar refractivity (Wildman–Crippen MR) is 86.1 cm³/mol. The number of alkyl halides is 3. The molecule has 0 saturated heterocycles. The Hall–Kier alpha value is -3.02. The van der Waals surface area contributed by atoms with Gasteiger partial charge in [-0.15, -0.1) is 13.2 Å². The highest BCUT2D eigenvalue weighted by Crippen LogP contribution is 2.30. The van der Waals surface area contributed by atoms with Crippen LogP contribution in [0.1, 0.15) is 5.56 Å². The van der Waals surface area contributed by atoms with Crippen LogP contribution >= 0.6 is 0 Å². The largest absolute Gasteiger partial charge is 0.573 e. The van der Waals surface area contributed by atoms with Crippen LogP contribution in [0.15, 0.2) is 79.4 Å². The predicted octanol–water partition coefficient (Wildman–Crippen LogP) is 4.91. The Morgan fingerprint density at radius 2 is 1.79 bits per heavy atom. The second kappa shape index (κ2) is 6.23. The van der Waals surface area contributed by atoms with E-state index in [1.807, 2.05) is 30.5 Å². The lowest BCUT2D eigenvalue weighted by Crippen LogP contribution is -2.18. The lowest BCUT2D eigenvalue weighted by Gasteiger charge is -2.25. The van der Waals surface area contributed by atoms with Crippen molar-refractivity contribution < 1.29 is 17.9 Å². The minimum Gasteiger partial charge on any atom is -0.406 e. The van der Waals surface area contributed by atoms with Gasteiger partial charge in [0, 0.05) is 35.5 Å². The zero-order valence-electron chi connectivity index (χ0n) is 12.5. The molecule has 0 spiro atoms. The summed E-state index contributed by atoms with van der Waals surface area (Å²) >= 11 is 0. The molecular weight excluding hydrogens is 317 g/mol. The Labute approximate surface area is 137 Å². The van der Waals surface area contributed by atoms with Crippen LogP contribution in [-0.4, -0.2) is 11.3 Å². The first kappa shape index (κ1) is 15.9. The molecule has 0 bridgehead atoms. The van der Waals surface area contributed by atoms with Crippen molar-refractivity contribution >= 4 is 11.3 Å². The molecule has 3 rings (SSSR count). The Morgan fingerprint density at radius 1 is 1.04 bits per heavy atom. The number of benzene rings is 1. The summed E-state index contributed by atoms with van der Waals surface area (Å²) in [4.78, 5) is 5.87. The molecule has 0 aliphatic carbocycles. The average Bonchev–Trinajstić information content (AvgIpc) is 2.56. The van der Waals surface area contributed by atoms with E-state index in [1.54, 1.807) is 29.4 Å². The van der Waals surface area contributed by atoms with Gasteiger partial charge in [-0.25, -0.2) is 0 Å². The molecule has 1 aromatic carbocycles. The Bertz CT molecular complexity index is 793. The molecule has 2 heterocycles. The lowest BCUT2D eigenvalue weighted by atomic mass is 10.1. The number of halogens is 3. The van der Waals surface area contributed by atoms with Crippen molar-refractivity contribution in [3.05, 3.63) is 85.0 Å². The van der Waals surface area contributed by atoms with E-state index in [4.69, 9.17) is 0 Å². The maximum Gasteiger partial charge on any atom is 0.573 e. The topological polar surface area (TPSA) is 25.4 Å². The van der Waals surface area contributed by atoms with Gasteiger partial charge in [-0.05, 0) is 42.0 Å². The molecule has 0 fully saturated rings. The molecule has 1 aliphatic heterocycles. The van der Waals surface area contributed by atoms with Gasteiger partial charge in [-0.1, -0.05) is 18.7 Å². The fraction of sp³-hybridized carbons (Fsp3) is 0.0556. The van der Waals surface area contributed by atoms with Crippen LogP contribution in [0, 0.1) is 0 Å². The number of allylic oxidation sites excluding steroid dienone is 3. The minimum atomic E-state index is -4.70. The molecule has 3 nitrogen and oxygen atoms in total. The molecule has 1 aromatic heterocycles. The molecule has 0 radical (unpaired) electrons. The third kappa shape index (κ3) is 3.65. The van der Waals surface area contributed by atoms with Crippen LogP contribution in [0.2, 0.25) is 0 Å². The van der Waals surface area contributed by atoms with Gasteiger partial charge in [-0.3, -0.25) is 4.98 Å². The monoisotopic (exact) mass is 330 g/mol. The summed E-state index contributed by atoms with van der Waals surface area (Å²) < 4.78 is 40.6. The highest BCUT2D eigenvalue weighted by molar-refractivity contribution is 5.80. The molecule has 0 unspecified atom stereocenters. The van der Waals surface area contributed by atoms with Gasteiger partial charge in [-0.2, -0.15) is 0 Å². The number of rotatable bonds is 3. The summed E-state index contributed by atoms with van der Waals surface area (Å²) in [7, 11) is 0. The van der Waals surface area contributed by atoms with E-state index in [-0.39, 0.29) is 5.75 Å². The lowest BCUT2D eigenvalue weighted by molar-refractivity contribution is -0.274. The molecule has 24 heavy (non-hydrogen) atoms. The highest BCUT2D eigenvalue weighted by atomic mass is 19.4. The fourth-order valence-electron chi connectivity index (χ4n) is 2.28. The van der Waals surface area contributed by atoms with Crippen molar-refractivity contribution in [3.8, 4) is 5.75 Å². The van der Waals surface area contributed by atoms with Crippen molar-refractivity contribution in [1.82, 2.24) is 4.98 Å². The van der Waals surface area contributed by atoms with Crippen LogP contribution in [0.5, 0.6) is 5.75 Å². The number of pyridine rings is 1.